The minimum atomic E-state index is -0.0787. The summed E-state index contributed by atoms with van der Waals surface area (Å²) in [7, 11) is 0. The SMILES string of the molecule is O=C1C(=Cc2cccs2)SC(=S)N1CCCC(=O)N(Cc1ccccc1)c1ccccc1. The van der Waals surface area contributed by atoms with Gasteiger partial charge in [-0.05, 0) is 41.6 Å². The quantitative estimate of drug-likeness (QED) is 0.296. The Morgan fingerprint density at radius 1 is 1.00 bits per heavy atom. The van der Waals surface area contributed by atoms with E-state index >= 15 is 0 Å². The molecular formula is C25H22N2O2S3. The summed E-state index contributed by atoms with van der Waals surface area (Å²) in [6.07, 6.45) is 2.77. The second-order valence-corrected chi connectivity index (χ2v) is 9.91. The summed E-state index contributed by atoms with van der Waals surface area (Å²) in [5.74, 6) is -0.0512. The fraction of sp³-hybridized carbons (Fsp3) is 0.160. The number of thiophene rings is 1. The lowest BCUT2D eigenvalue weighted by atomic mass is 10.1. The minimum absolute atomic E-state index is 0.0274. The molecule has 1 aromatic heterocycles. The number of hydrogen-bond acceptors (Lipinski definition) is 5. The van der Waals surface area contributed by atoms with Crippen LogP contribution in [0, 0.1) is 0 Å². The van der Waals surface area contributed by atoms with Crippen molar-refractivity contribution < 1.29 is 9.59 Å². The second kappa shape index (κ2) is 10.7. The minimum Gasteiger partial charge on any atom is -0.308 e. The van der Waals surface area contributed by atoms with Crippen molar-refractivity contribution in [1.29, 1.82) is 0 Å². The summed E-state index contributed by atoms with van der Waals surface area (Å²) in [5, 5.41) is 1.98. The first-order valence-corrected chi connectivity index (χ1v) is 12.4. The molecule has 1 saturated heterocycles. The second-order valence-electron chi connectivity index (χ2n) is 7.25. The molecule has 2 aromatic carbocycles. The number of rotatable bonds is 8. The van der Waals surface area contributed by atoms with Gasteiger partial charge < -0.3 is 4.90 Å². The van der Waals surface area contributed by atoms with Gasteiger partial charge in [0.2, 0.25) is 5.91 Å². The Balaban J connectivity index is 1.39. The monoisotopic (exact) mass is 478 g/mol. The van der Waals surface area contributed by atoms with E-state index in [1.54, 1.807) is 21.1 Å². The van der Waals surface area contributed by atoms with Crippen molar-refractivity contribution in [1.82, 2.24) is 4.90 Å². The Morgan fingerprint density at radius 2 is 1.72 bits per heavy atom. The normalized spacial score (nSPS) is 14.9. The van der Waals surface area contributed by atoms with Crippen LogP contribution in [0.2, 0.25) is 0 Å². The van der Waals surface area contributed by atoms with Crippen LogP contribution < -0.4 is 4.90 Å². The molecule has 1 aliphatic rings. The van der Waals surface area contributed by atoms with Crippen LogP contribution in [0.3, 0.4) is 0 Å². The average Bonchev–Trinajstić information content (AvgIpc) is 3.42. The van der Waals surface area contributed by atoms with Crippen molar-refractivity contribution in [2.75, 3.05) is 11.4 Å². The number of benzene rings is 2. The van der Waals surface area contributed by atoms with E-state index < -0.39 is 0 Å². The van der Waals surface area contributed by atoms with E-state index in [1.807, 2.05) is 84.3 Å². The summed E-state index contributed by atoms with van der Waals surface area (Å²) in [6, 6.07) is 23.6. The van der Waals surface area contributed by atoms with Crippen LogP contribution in [0.15, 0.2) is 83.1 Å². The van der Waals surface area contributed by atoms with E-state index in [0.29, 0.717) is 35.2 Å². The van der Waals surface area contributed by atoms with E-state index in [9.17, 15) is 9.59 Å². The topological polar surface area (TPSA) is 40.6 Å². The maximum Gasteiger partial charge on any atom is 0.266 e. The van der Waals surface area contributed by atoms with Crippen LogP contribution in [0.1, 0.15) is 23.3 Å². The highest BCUT2D eigenvalue weighted by Crippen LogP contribution is 2.33. The molecule has 0 bridgehead atoms. The largest absolute Gasteiger partial charge is 0.308 e. The molecule has 3 aromatic rings. The molecular weight excluding hydrogens is 456 g/mol. The summed E-state index contributed by atoms with van der Waals surface area (Å²) in [6.45, 7) is 0.945. The molecule has 0 spiro atoms. The van der Waals surface area contributed by atoms with Crippen molar-refractivity contribution in [3.8, 4) is 0 Å². The van der Waals surface area contributed by atoms with Gasteiger partial charge in [-0.15, -0.1) is 11.3 Å². The smallest absolute Gasteiger partial charge is 0.266 e. The molecule has 0 atom stereocenters. The maximum absolute atomic E-state index is 13.1. The molecule has 2 amide bonds. The number of thiocarbonyl (C=S) groups is 1. The maximum atomic E-state index is 13.1. The van der Waals surface area contributed by atoms with Crippen molar-refractivity contribution >= 4 is 63.2 Å². The number of thioether (sulfide) groups is 1. The predicted molar refractivity (Wildman–Crippen MR) is 138 cm³/mol. The van der Waals surface area contributed by atoms with E-state index in [4.69, 9.17) is 12.2 Å². The van der Waals surface area contributed by atoms with E-state index in [2.05, 4.69) is 0 Å². The molecule has 4 rings (SSSR count). The van der Waals surface area contributed by atoms with Crippen LogP contribution in [0.25, 0.3) is 6.08 Å². The number of nitrogens with zero attached hydrogens (tertiary/aromatic N) is 2. The molecule has 1 aliphatic heterocycles. The molecule has 0 saturated carbocycles. The molecule has 0 N–H and O–H groups in total. The van der Waals surface area contributed by atoms with Gasteiger partial charge in [0.25, 0.3) is 5.91 Å². The lowest BCUT2D eigenvalue weighted by molar-refractivity contribution is -0.123. The van der Waals surface area contributed by atoms with Crippen LogP contribution >= 0.6 is 35.3 Å². The zero-order valence-electron chi connectivity index (χ0n) is 17.3. The number of amides is 2. The third-order valence-electron chi connectivity index (χ3n) is 5.01. The molecule has 4 nitrogen and oxygen atoms in total. The van der Waals surface area contributed by atoms with Crippen LogP contribution in [0.5, 0.6) is 0 Å². The Bertz CT molecular complexity index is 1110. The first-order chi connectivity index (χ1) is 15.6. The van der Waals surface area contributed by atoms with E-state index in [0.717, 1.165) is 16.1 Å². The summed E-state index contributed by atoms with van der Waals surface area (Å²) in [5.41, 5.74) is 1.94. The molecule has 32 heavy (non-hydrogen) atoms. The van der Waals surface area contributed by atoms with Crippen molar-refractivity contribution in [3.63, 3.8) is 0 Å². The molecule has 162 valence electrons. The molecule has 0 unspecified atom stereocenters. The molecule has 2 heterocycles. The number of carbonyl (C=O) groups is 2. The van der Waals surface area contributed by atoms with Crippen molar-refractivity contribution in [2.45, 2.75) is 19.4 Å². The Kier molecular flexibility index (Phi) is 7.52. The predicted octanol–water partition coefficient (Wildman–Crippen LogP) is 5.96. The van der Waals surface area contributed by atoms with Crippen molar-refractivity contribution in [2.24, 2.45) is 0 Å². The molecule has 1 fully saturated rings. The number of carbonyl (C=O) groups excluding carboxylic acids is 2. The van der Waals surface area contributed by atoms with E-state index in [1.165, 1.54) is 11.8 Å². The number of hydrogen-bond donors (Lipinski definition) is 0. The Morgan fingerprint density at radius 3 is 2.41 bits per heavy atom. The molecule has 0 radical (unpaired) electrons. The summed E-state index contributed by atoms with van der Waals surface area (Å²) >= 11 is 8.33. The van der Waals surface area contributed by atoms with E-state index in [-0.39, 0.29) is 11.8 Å². The molecule has 0 aliphatic carbocycles. The highest BCUT2D eigenvalue weighted by molar-refractivity contribution is 8.26. The average molecular weight is 479 g/mol. The Labute approximate surface area is 201 Å². The lowest BCUT2D eigenvalue weighted by Gasteiger charge is -2.24. The van der Waals surface area contributed by atoms with Gasteiger partial charge >= 0.3 is 0 Å². The molecule has 7 heteroatoms. The van der Waals surface area contributed by atoms with Crippen LogP contribution in [-0.2, 0) is 16.1 Å². The summed E-state index contributed by atoms with van der Waals surface area (Å²) < 4.78 is 0.550. The van der Waals surface area contributed by atoms with Gasteiger partial charge in [0.15, 0.2) is 0 Å². The van der Waals surface area contributed by atoms with Gasteiger partial charge in [-0.3, -0.25) is 14.5 Å². The van der Waals surface area contributed by atoms with Gasteiger partial charge in [-0.1, -0.05) is 78.6 Å². The number of anilines is 1. The first kappa shape index (κ1) is 22.5. The highest BCUT2D eigenvalue weighted by atomic mass is 32.2. The van der Waals surface area contributed by atoms with Gasteiger partial charge in [0.05, 0.1) is 11.4 Å². The van der Waals surface area contributed by atoms with Crippen LogP contribution in [0.4, 0.5) is 5.69 Å². The standard InChI is InChI=1S/C25H22N2O2S3/c28-23(27(20-11-5-2-6-12-20)18-19-9-3-1-4-10-19)14-7-15-26-24(29)22(32-25(26)30)17-21-13-8-16-31-21/h1-6,8-13,16-17H,7,14-15,18H2. The van der Waals surface area contributed by atoms with Gasteiger partial charge in [-0.25, -0.2) is 0 Å². The van der Waals surface area contributed by atoms with Gasteiger partial charge in [-0.2, -0.15) is 0 Å². The fourth-order valence-electron chi connectivity index (χ4n) is 3.42. The van der Waals surface area contributed by atoms with Crippen molar-refractivity contribution in [3.05, 3.63) is 93.5 Å². The van der Waals surface area contributed by atoms with Crippen LogP contribution in [-0.4, -0.2) is 27.6 Å². The third kappa shape index (κ3) is 5.54. The highest BCUT2D eigenvalue weighted by Gasteiger charge is 2.31. The first-order valence-electron chi connectivity index (χ1n) is 10.3. The van der Waals surface area contributed by atoms with Gasteiger partial charge in [0.1, 0.15) is 4.32 Å². The lowest BCUT2D eigenvalue weighted by Crippen LogP contribution is -2.33. The Hall–Kier alpha value is -2.74. The zero-order chi connectivity index (χ0) is 22.3. The summed E-state index contributed by atoms with van der Waals surface area (Å²) in [4.78, 5) is 31.0. The number of para-hydroxylation sites is 1. The fourth-order valence-corrected chi connectivity index (χ4v) is 5.45. The van der Waals surface area contributed by atoms with Gasteiger partial charge in [0, 0.05) is 23.5 Å². The zero-order valence-corrected chi connectivity index (χ0v) is 19.8. The third-order valence-corrected chi connectivity index (χ3v) is 7.21.